The highest BCUT2D eigenvalue weighted by atomic mass is 16.5. The normalized spacial score (nSPS) is 17.9. The van der Waals surface area contributed by atoms with Crippen molar-refractivity contribution >= 4 is 23.2 Å². The Morgan fingerprint density at radius 3 is 1.53 bits per heavy atom. The molecule has 0 atom stereocenters. The summed E-state index contributed by atoms with van der Waals surface area (Å²) >= 11 is 0. The van der Waals surface area contributed by atoms with Crippen LogP contribution in [-0.4, -0.2) is 25.0 Å². The molecule has 0 heterocycles. The van der Waals surface area contributed by atoms with Crippen molar-refractivity contribution in [1.82, 2.24) is 0 Å². The fourth-order valence-electron chi connectivity index (χ4n) is 3.87. The molecule has 2 amide bonds. The summed E-state index contributed by atoms with van der Waals surface area (Å²) in [5, 5.41) is 6.00. The molecule has 1 aliphatic carbocycles. The predicted molar refractivity (Wildman–Crippen MR) is 127 cm³/mol. The van der Waals surface area contributed by atoms with Gasteiger partial charge in [-0.2, -0.15) is 0 Å². The topological polar surface area (TPSA) is 76.7 Å². The van der Waals surface area contributed by atoms with Crippen LogP contribution in [-0.2, 0) is 9.59 Å². The summed E-state index contributed by atoms with van der Waals surface area (Å²) in [5.41, 5.74) is 1.49. The zero-order valence-corrected chi connectivity index (χ0v) is 19.1. The van der Waals surface area contributed by atoms with Crippen LogP contribution < -0.4 is 20.1 Å². The first-order valence-electron chi connectivity index (χ1n) is 11.7. The largest absolute Gasteiger partial charge is 0.494 e. The maximum Gasteiger partial charge on any atom is 0.227 e. The van der Waals surface area contributed by atoms with E-state index in [4.69, 9.17) is 9.47 Å². The molecule has 1 fully saturated rings. The Hall–Kier alpha value is -3.02. The standard InChI is InChI=1S/C26H34N2O4/c1-3-15-31-23-9-5-7-21(17-23)27-25(29)19-11-13-20(14-12-19)26(30)28-22-8-6-10-24(18-22)32-16-4-2/h5-10,17-20H,3-4,11-16H2,1-2H3,(H,27,29)(H,28,30). The number of carbonyl (C=O) groups is 2. The minimum absolute atomic E-state index is 0.0114. The Bertz CT molecular complexity index is 817. The van der Waals surface area contributed by atoms with Crippen molar-refractivity contribution in [3.8, 4) is 11.5 Å². The molecule has 2 N–H and O–H groups in total. The lowest BCUT2D eigenvalue weighted by Gasteiger charge is -2.27. The molecule has 6 heteroatoms. The van der Waals surface area contributed by atoms with Crippen LogP contribution in [0.2, 0.25) is 0 Å². The fraction of sp³-hybridized carbons (Fsp3) is 0.462. The van der Waals surface area contributed by atoms with Gasteiger partial charge in [-0.15, -0.1) is 0 Å². The van der Waals surface area contributed by atoms with Crippen LogP contribution in [0.5, 0.6) is 11.5 Å². The van der Waals surface area contributed by atoms with Gasteiger partial charge in [0, 0.05) is 35.3 Å². The van der Waals surface area contributed by atoms with Crippen molar-refractivity contribution in [3.63, 3.8) is 0 Å². The third kappa shape index (κ3) is 7.01. The predicted octanol–water partition coefficient (Wildman–Crippen LogP) is 5.65. The molecule has 0 radical (unpaired) electrons. The van der Waals surface area contributed by atoms with Crippen molar-refractivity contribution in [3.05, 3.63) is 48.5 Å². The summed E-state index contributed by atoms with van der Waals surface area (Å²) in [6, 6.07) is 15.0. The van der Waals surface area contributed by atoms with Gasteiger partial charge >= 0.3 is 0 Å². The van der Waals surface area contributed by atoms with Gasteiger partial charge in [-0.05, 0) is 62.8 Å². The first-order chi connectivity index (χ1) is 15.6. The van der Waals surface area contributed by atoms with E-state index in [2.05, 4.69) is 24.5 Å². The molecule has 0 aliphatic heterocycles. The Labute approximate surface area is 190 Å². The van der Waals surface area contributed by atoms with Gasteiger partial charge < -0.3 is 20.1 Å². The van der Waals surface area contributed by atoms with Crippen LogP contribution in [0.3, 0.4) is 0 Å². The van der Waals surface area contributed by atoms with Crippen molar-refractivity contribution in [1.29, 1.82) is 0 Å². The molecule has 0 spiro atoms. The summed E-state index contributed by atoms with van der Waals surface area (Å²) in [4.78, 5) is 25.4. The van der Waals surface area contributed by atoms with Crippen LogP contribution in [0.25, 0.3) is 0 Å². The zero-order valence-electron chi connectivity index (χ0n) is 19.1. The molecule has 0 aromatic heterocycles. The Kier molecular flexibility index (Phi) is 8.96. The molecule has 2 aromatic carbocycles. The number of benzene rings is 2. The van der Waals surface area contributed by atoms with Crippen LogP contribution in [0.4, 0.5) is 11.4 Å². The third-order valence-corrected chi connectivity index (χ3v) is 5.62. The van der Waals surface area contributed by atoms with E-state index in [1.54, 1.807) is 0 Å². The zero-order chi connectivity index (χ0) is 22.8. The van der Waals surface area contributed by atoms with E-state index in [9.17, 15) is 9.59 Å². The summed E-state index contributed by atoms with van der Waals surface area (Å²) in [6.07, 6.45) is 4.69. The maximum atomic E-state index is 12.7. The van der Waals surface area contributed by atoms with E-state index >= 15 is 0 Å². The lowest BCUT2D eigenvalue weighted by Crippen LogP contribution is -2.32. The van der Waals surface area contributed by atoms with Crippen LogP contribution in [0.15, 0.2) is 48.5 Å². The van der Waals surface area contributed by atoms with E-state index < -0.39 is 0 Å². The SMILES string of the molecule is CCCOc1cccc(NC(=O)C2CCC(C(=O)Nc3cccc(OCCC)c3)CC2)c1. The number of nitrogens with one attached hydrogen (secondary N) is 2. The van der Waals surface area contributed by atoms with E-state index in [0.717, 1.165) is 35.7 Å². The van der Waals surface area contributed by atoms with Crippen molar-refractivity contribution in [2.24, 2.45) is 11.8 Å². The van der Waals surface area contributed by atoms with Gasteiger partial charge in [-0.25, -0.2) is 0 Å². The van der Waals surface area contributed by atoms with E-state index in [0.29, 0.717) is 38.9 Å². The molecule has 0 unspecified atom stereocenters. The Morgan fingerprint density at radius 1 is 0.750 bits per heavy atom. The summed E-state index contributed by atoms with van der Waals surface area (Å²) in [5.74, 6) is 1.38. The highest BCUT2D eigenvalue weighted by Gasteiger charge is 2.30. The molecule has 1 saturated carbocycles. The van der Waals surface area contributed by atoms with Gasteiger partial charge in [0.05, 0.1) is 13.2 Å². The van der Waals surface area contributed by atoms with Crippen molar-refractivity contribution in [2.45, 2.75) is 52.4 Å². The molecule has 32 heavy (non-hydrogen) atoms. The third-order valence-electron chi connectivity index (χ3n) is 5.62. The van der Waals surface area contributed by atoms with Crippen molar-refractivity contribution < 1.29 is 19.1 Å². The van der Waals surface area contributed by atoms with E-state index in [1.165, 1.54) is 0 Å². The fourth-order valence-corrected chi connectivity index (χ4v) is 3.87. The molecule has 3 rings (SSSR count). The van der Waals surface area contributed by atoms with Gasteiger partial charge in [0.1, 0.15) is 11.5 Å². The summed E-state index contributed by atoms with van der Waals surface area (Å²) < 4.78 is 11.3. The monoisotopic (exact) mass is 438 g/mol. The second kappa shape index (κ2) is 12.1. The van der Waals surface area contributed by atoms with E-state index in [1.807, 2.05) is 48.5 Å². The number of hydrogen-bond donors (Lipinski definition) is 2. The van der Waals surface area contributed by atoms with Crippen LogP contribution in [0.1, 0.15) is 52.4 Å². The number of rotatable bonds is 10. The molecule has 172 valence electrons. The van der Waals surface area contributed by atoms with Gasteiger partial charge in [0.15, 0.2) is 0 Å². The van der Waals surface area contributed by atoms with Crippen LogP contribution in [0, 0.1) is 11.8 Å². The number of anilines is 2. The molecule has 2 aromatic rings. The van der Waals surface area contributed by atoms with Gasteiger partial charge in [-0.1, -0.05) is 26.0 Å². The van der Waals surface area contributed by atoms with Gasteiger partial charge in [-0.3, -0.25) is 9.59 Å². The lowest BCUT2D eigenvalue weighted by molar-refractivity contribution is -0.125. The Balaban J connectivity index is 1.47. The quantitative estimate of drug-likeness (QED) is 0.503. The van der Waals surface area contributed by atoms with Gasteiger partial charge in [0.2, 0.25) is 11.8 Å². The summed E-state index contributed by atoms with van der Waals surface area (Å²) in [6.45, 7) is 5.42. The van der Waals surface area contributed by atoms with Gasteiger partial charge in [0.25, 0.3) is 0 Å². The lowest BCUT2D eigenvalue weighted by atomic mass is 9.81. The molecular formula is C26H34N2O4. The number of ether oxygens (including phenoxy) is 2. The summed E-state index contributed by atoms with van der Waals surface area (Å²) in [7, 11) is 0. The average molecular weight is 439 g/mol. The number of hydrogen-bond acceptors (Lipinski definition) is 4. The Morgan fingerprint density at radius 2 is 1.16 bits per heavy atom. The highest BCUT2D eigenvalue weighted by Crippen LogP contribution is 2.31. The molecule has 0 saturated heterocycles. The minimum Gasteiger partial charge on any atom is -0.494 e. The smallest absolute Gasteiger partial charge is 0.227 e. The second-order valence-corrected chi connectivity index (χ2v) is 8.28. The maximum absolute atomic E-state index is 12.7. The molecule has 1 aliphatic rings. The first kappa shape index (κ1) is 23.6. The highest BCUT2D eigenvalue weighted by molar-refractivity contribution is 5.94. The van der Waals surface area contributed by atoms with E-state index in [-0.39, 0.29) is 23.7 Å². The first-order valence-corrected chi connectivity index (χ1v) is 11.7. The van der Waals surface area contributed by atoms with Crippen molar-refractivity contribution in [2.75, 3.05) is 23.8 Å². The number of amides is 2. The molecular weight excluding hydrogens is 404 g/mol. The molecule has 6 nitrogen and oxygen atoms in total. The average Bonchev–Trinajstić information content (AvgIpc) is 2.82. The number of carbonyl (C=O) groups excluding carboxylic acids is 2. The molecule has 0 bridgehead atoms. The van der Waals surface area contributed by atoms with Crippen LogP contribution >= 0.6 is 0 Å². The second-order valence-electron chi connectivity index (χ2n) is 8.28. The minimum atomic E-state index is -0.0787.